The summed E-state index contributed by atoms with van der Waals surface area (Å²) in [5.41, 5.74) is 1.18. The molecule has 0 bridgehead atoms. The molecule has 0 aliphatic carbocycles. The Bertz CT molecular complexity index is 604. The summed E-state index contributed by atoms with van der Waals surface area (Å²) in [7, 11) is 0. The topological polar surface area (TPSA) is 58.6 Å². The molecule has 2 rings (SSSR count). The number of halogens is 1. The van der Waals surface area contributed by atoms with Gasteiger partial charge in [0.15, 0.2) is 18.2 Å². The largest absolute Gasteiger partial charge is 0.481 e. The van der Waals surface area contributed by atoms with Gasteiger partial charge in [0.2, 0.25) is 0 Å². The summed E-state index contributed by atoms with van der Waals surface area (Å²) >= 11 is 1.62. The Morgan fingerprint density at radius 2 is 2.13 bits per heavy atom. The number of carbonyl (C=O) groups excluding carboxylic acids is 1. The second-order valence-corrected chi connectivity index (χ2v) is 5.90. The zero-order valence-electron chi connectivity index (χ0n) is 12.7. The lowest BCUT2D eigenvalue weighted by molar-refractivity contribution is -0.123. The molecule has 0 spiro atoms. The van der Waals surface area contributed by atoms with Crippen LogP contribution in [0.4, 0.5) is 4.39 Å². The third-order valence-electron chi connectivity index (χ3n) is 3.50. The van der Waals surface area contributed by atoms with Crippen LogP contribution in [0.2, 0.25) is 0 Å². The van der Waals surface area contributed by atoms with Gasteiger partial charge in [0.25, 0.3) is 5.91 Å². The lowest BCUT2D eigenvalue weighted by Crippen LogP contribution is -2.30. The lowest BCUT2D eigenvalue weighted by Gasteiger charge is -2.15. The number of aliphatic hydroxyl groups excluding tert-OH is 1. The van der Waals surface area contributed by atoms with E-state index < -0.39 is 5.82 Å². The summed E-state index contributed by atoms with van der Waals surface area (Å²) in [6.45, 7) is 0.384. The van der Waals surface area contributed by atoms with Crippen molar-refractivity contribution < 1.29 is 19.0 Å². The molecule has 0 saturated carbocycles. The van der Waals surface area contributed by atoms with E-state index in [1.54, 1.807) is 23.5 Å². The van der Waals surface area contributed by atoms with E-state index in [1.165, 1.54) is 17.7 Å². The molecule has 1 amide bonds. The van der Waals surface area contributed by atoms with Crippen molar-refractivity contribution in [3.8, 4) is 5.75 Å². The van der Waals surface area contributed by atoms with Crippen molar-refractivity contribution in [2.45, 2.75) is 18.8 Å². The summed E-state index contributed by atoms with van der Waals surface area (Å²) in [6, 6.07) is 8.02. The molecular weight excluding hydrogens is 317 g/mol. The maximum atomic E-state index is 13.4. The van der Waals surface area contributed by atoms with Gasteiger partial charge in [0.05, 0.1) is 0 Å². The molecule has 2 N–H and O–H groups in total. The van der Waals surface area contributed by atoms with Gasteiger partial charge >= 0.3 is 0 Å². The third kappa shape index (κ3) is 5.65. The van der Waals surface area contributed by atoms with Gasteiger partial charge in [0.1, 0.15) is 0 Å². The Balaban J connectivity index is 1.72. The van der Waals surface area contributed by atoms with Crippen LogP contribution in [-0.4, -0.2) is 30.8 Å². The van der Waals surface area contributed by atoms with E-state index in [0.717, 1.165) is 6.42 Å². The second-order valence-electron chi connectivity index (χ2n) is 5.12. The molecule has 0 aliphatic heterocycles. The Morgan fingerprint density at radius 1 is 1.30 bits per heavy atom. The van der Waals surface area contributed by atoms with Crippen molar-refractivity contribution in [3.63, 3.8) is 0 Å². The molecule has 2 aromatic rings. The van der Waals surface area contributed by atoms with Crippen LogP contribution in [-0.2, 0) is 4.79 Å². The second kappa shape index (κ2) is 9.27. The summed E-state index contributed by atoms with van der Waals surface area (Å²) in [5, 5.41) is 16.0. The minimum atomic E-state index is -0.485. The number of ether oxygens (including phenoxy) is 1. The average Bonchev–Trinajstić information content (AvgIpc) is 3.07. The molecule has 1 heterocycles. The van der Waals surface area contributed by atoms with E-state index in [4.69, 9.17) is 9.84 Å². The van der Waals surface area contributed by atoms with Gasteiger partial charge in [-0.2, -0.15) is 11.3 Å². The SMILES string of the molecule is O=C(COc1ccccc1F)NCC[C@H](CCO)c1ccsc1. The highest BCUT2D eigenvalue weighted by atomic mass is 32.1. The zero-order chi connectivity index (χ0) is 16.5. The Hall–Kier alpha value is -1.92. The van der Waals surface area contributed by atoms with Gasteiger partial charge in [-0.1, -0.05) is 12.1 Å². The first-order chi connectivity index (χ1) is 11.2. The number of aliphatic hydroxyl groups is 1. The van der Waals surface area contributed by atoms with Crippen molar-refractivity contribution >= 4 is 17.2 Å². The number of hydrogen-bond donors (Lipinski definition) is 2. The molecule has 4 nitrogen and oxygen atoms in total. The van der Waals surface area contributed by atoms with Gasteiger partial charge in [-0.15, -0.1) is 0 Å². The van der Waals surface area contributed by atoms with Gasteiger partial charge in [-0.3, -0.25) is 4.79 Å². The fourth-order valence-electron chi connectivity index (χ4n) is 2.28. The maximum absolute atomic E-state index is 13.4. The van der Waals surface area contributed by atoms with Crippen LogP contribution < -0.4 is 10.1 Å². The third-order valence-corrected chi connectivity index (χ3v) is 4.20. The summed E-state index contributed by atoms with van der Waals surface area (Å²) < 4.78 is 18.5. The van der Waals surface area contributed by atoms with Crippen LogP contribution in [0.15, 0.2) is 41.1 Å². The number of rotatable bonds is 9. The van der Waals surface area contributed by atoms with Crippen LogP contribution in [0.1, 0.15) is 24.3 Å². The van der Waals surface area contributed by atoms with Crippen molar-refractivity contribution in [3.05, 3.63) is 52.5 Å². The average molecular weight is 337 g/mol. The number of para-hydroxylation sites is 1. The van der Waals surface area contributed by atoms with Crippen LogP contribution >= 0.6 is 11.3 Å². The van der Waals surface area contributed by atoms with Crippen molar-refractivity contribution in [2.75, 3.05) is 19.8 Å². The highest BCUT2D eigenvalue weighted by molar-refractivity contribution is 7.07. The first-order valence-electron chi connectivity index (χ1n) is 7.47. The van der Waals surface area contributed by atoms with E-state index in [9.17, 15) is 9.18 Å². The van der Waals surface area contributed by atoms with E-state index in [0.29, 0.717) is 13.0 Å². The summed E-state index contributed by atoms with van der Waals surface area (Å²) in [5.74, 6) is -0.486. The number of amides is 1. The molecule has 6 heteroatoms. The molecule has 1 atom stereocenters. The Morgan fingerprint density at radius 3 is 2.83 bits per heavy atom. The van der Waals surface area contributed by atoms with Crippen LogP contribution in [0.25, 0.3) is 0 Å². The van der Waals surface area contributed by atoms with Gasteiger partial charge in [-0.25, -0.2) is 4.39 Å². The van der Waals surface area contributed by atoms with E-state index in [-0.39, 0.29) is 30.8 Å². The predicted molar refractivity (Wildman–Crippen MR) is 88.3 cm³/mol. The van der Waals surface area contributed by atoms with E-state index in [2.05, 4.69) is 10.7 Å². The minimum absolute atomic E-state index is 0.0686. The lowest BCUT2D eigenvalue weighted by atomic mass is 9.95. The first-order valence-corrected chi connectivity index (χ1v) is 8.42. The van der Waals surface area contributed by atoms with Crippen LogP contribution in [0.5, 0.6) is 5.75 Å². The van der Waals surface area contributed by atoms with E-state index in [1.807, 2.05) is 11.4 Å². The fraction of sp³-hybridized carbons (Fsp3) is 0.353. The standard InChI is InChI=1S/C17H20FNO3S/c18-15-3-1-2-4-16(15)22-11-17(21)19-8-5-13(6-9-20)14-7-10-23-12-14/h1-4,7,10,12-13,20H,5-6,8-9,11H2,(H,19,21)/t13-/m1/s1. The number of carbonyl (C=O) groups is 1. The molecule has 124 valence electrons. The fourth-order valence-corrected chi connectivity index (χ4v) is 3.03. The summed E-state index contributed by atoms with van der Waals surface area (Å²) in [6.07, 6.45) is 1.40. The summed E-state index contributed by atoms with van der Waals surface area (Å²) in [4.78, 5) is 11.7. The number of nitrogens with one attached hydrogen (secondary N) is 1. The van der Waals surface area contributed by atoms with Gasteiger partial charge < -0.3 is 15.2 Å². The molecule has 23 heavy (non-hydrogen) atoms. The highest BCUT2D eigenvalue weighted by Gasteiger charge is 2.12. The highest BCUT2D eigenvalue weighted by Crippen LogP contribution is 2.24. The molecular formula is C17H20FNO3S. The van der Waals surface area contributed by atoms with Gasteiger partial charge in [0, 0.05) is 13.2 Å². The minimum Gasteiger partial charge on any atom is -0.481 e. The zero-order valence-corrected chi connectivity index (χ0v) is 13.5. The normalized spacial score (nSPS) is 11.9. The monoisotopic (exact) mass is 337 g/mol. The molecule has 0 fully saturated rings. The Labute approximate surface area is 138 Å². The molecule has 0 unspecified atom stereocenters. The molecule has 0 radical (unpaired) electrons. The molecule has 1 aromatic carbocycles. The smallest absolute Gasteiger partial charge is 0.257 e. The van der Waals surface area contributed by atoms with Crippen molar-refractivity contribution in [1.82, 2.24) is 5.32 Å². The van der Waals surface area contributed by atoms with Crippen LogP contribution in [0, 0.1) is 5.82 Å². The predicted octanol–water partition coefficient (Wildman–Crippen LogP) is 2.94. The Kier molecular flexibility index (Phi) is 7.03. The van der Waals surface area contributed by atoms with Crippen LogP contribution in [0.3, 0.4) is 0 Å². The number of thiophene rings is 1. The quantitative estimate of drug-likeness (QED) is 0.740. The molecule has 1 aromatic heterocycles. The van der Waals surface area contributed by atoms with Crippen molar-refractivity contribution in [1.29, 1.82) is 0 Å². The number of benzene rings is 1. The first kappa shape index (κ1) is 17.4. The van der Waals surface area contributed by atoms with Crippen molar-refractivity contribution in [2.24, 2.45) is 0 Å². The maximum Gasteiger partial charge on any atom is 0.257 e. The number of hydrogen-bond acceptors (Lipinski definition) is 4. The molecule has 0 saturated heterocycles. The van der Waals surface area contributed by atoms with E-state index >= 15 is 0 Å². The molecule has 0 aliphatic rings. The van der Waals surface area contributed by atoms with Gasteiger partial charge in [-0.05, 0) is 53.3 Å².